The average Bonchev–Trinajstić information content (AvgIpc) is 3.49. The quantitative estimate of drug-likeness (QED) is 0.519. The molecule has 1 atom stereocenters. The van der Waals surface area contributed by atoms with Gasteiger partial charge in [-0.15, -0.1) is 0 Å². The number of piperidine rings is 2. The highest BCUT2D eigenvalue weighted by Gasteiger charge is 2.45. The minimum Gasteiger partial charge on any atom is -0.380 e. The first kappa shape index (κ1) is 25.7. The van der Waals surface area contributed by atoms with Gasteiger partial charge in [0.25, 0.3) is 11.8 Å². The molecule has 0 saturated carbocycles. The summed E-state index contributed by atoms with van der Waals surface area (Å²) in [6, 6.07) is 4.53. The number of benzene rings is 1. The monoisotopic (exact) mass is 518 g/mol. The molecule has 2 N–H and O–H groups in total. The number of hydrogen-bond acceptors (Lipinski definition) is 6. The van der Waals surface area contributed by atoms with Gasteiger partial charge in [-0.3, -0.25) is 28.8 Å². The molecule has 10 nitrogen and oxygen atoms in total. The minimum absolute atomic E-state index is 0.241. The second-order valence-electron chi connectivity index (χ2n) is 10.3. The molecule has 1 aromatic carbocycles. The largest absolute Gasteiger partial charge is 0.380 e. The van der Waals surface area contributed by atoms with Crippen LogP contribution in [0, 0.1) is 0 Å². The number of carbonyl (C=O) groups is 4. The van der Waals surface area contributed by atoms with Gasteiger partial charge in [-0.05, 0) is 44.2 Å². The second-order valence-corrected chi connectivity index (χ2v) is 10.3. The zero-order valence-corrected chi connectivity index (χ0v) is 21.7. The lowest BCUT2D eigenvalue weighted by molar-refractivity contribution is -0.132. The standard InChI is InChI=1S/C28H34N6O4/c1-3-4-8-24(35)32-13-11-20(12-14-32)33-17-19(16-30-33)15-29-22-7-5-6-21-25(22)28(38)34(27(21)37)23-10-9-18(2)31-26(23)36/h5-7,16-17,20,23,29H,2-4,8-15H2,1H3,(H,31,36). The Morgan fingerprint density at radius 1 is 1.16 bits per heavy atom. The zero-order valence-electron chi connectivity index (χ0n) is 21.7. The maximum atomic E-state index is 13.3. The molecule has 3 aliphatic rings. The van der Waals surface area contributed by atoms with Gasteiger partial charge >= 0.3 is 0 Å². The van der Waals surface area contributed by atoms with E-state index in [4.69, 9.17) is 0 Å². The molecule has 0 aliphatic carbocycles. The van der Waals surface area contributed by atoms with Gasteiger partial charge in [0.15, 0.2) is 0 Å². The molecule has 0 bridgehead atoms. The van der Waals surface area contributed by atoms with E-state index in [0.717, 1.165) is 49.2 Å². The highest BCUT2D eigenvalue weighted by atomic mass is 16.2. The Labute approximate surface area is 222 Å². The van der Waals surface area contributed by atoms with Crippen LogP contribution in [-0.4, -0.2) is 62.3 Å². The molecule has 3 aliphatic heterocycles. The number of fused-ring (bicyclic) bond motifs is 1. The number of amides is 4. The van der Waals surface area contributed by atoms with Crippen molar-refractivity contribution in [1.29, 1.82) is 0 Å². The van der Waals surface area contributed by atoms with Crippen LogP contribution in [0.15, 0.2) is 42.9 Å². The summed E-state index contributed by atoms with van der Waals surface area (Å²) in [5, 5.41) is 10.5. The van der Waals surface area contributed by atoms with Crippen LogP contribution in [0.4, 0.5) is 5.69 Å². The number of hydrogen-bond donors (Lipinski definition) is 2. The molecule has 10 heteroatoms. The summed E-state index contributed by atoms with van der Waals surface area (Å²) >= 11 is 0. The molecule has 5 rings (SSSR count). The van der Waals surface area contributed by atoms with Gasteiger partial charge in [0.2, 0.25) is 11.8 Å². The predicted octanol–water partition coefficient (Wildman–Crippen LogP) is 3.24. The number of likely N-dealkylation sites (tertiary alicyclic amines) is 1. The average molecular weight is 519 g/mol. The van der Waals surface area contributed by atoms with E-state index in [0.29, 0.717) is 48.3 Å². The molecule has 2 fully saturated rings. The third-order valence-corrected chi connectivity index (χ3v) is 7.65. The van der Waals surface area contributed by atoms with Crippen molar-refractivity contribution < 1.29 is 19.2 Å². The topological polar surface area (TPSA) is 117 Å². The van der Waals surface area contributed by atoms with Gasteiger partial charge < -0.3 is 15.5 Å². The maximum Gasteiger partial charge on any atom is 0.264 e. The molecular formula is C28H34N6O4. The lowest BCUT2D eigenvalue weighted by Gasteiger charge is -2.32. The van der Waals surface area contributed by atoms with Gasteiger partial charge in [0, 0.05) is 49.2 Å². The number of unbranched alkanes of at least 4 members (excludes halogenated alkanes) is 1. The van der Waals surface area contributed by atoms with E-state index < -0.39 is 17.9 Å². The number of nitrogens with one attached hydrogen (secondary N) is 2. The van der Waals surface area contributed by atoms with Gasteiger partial charge in [-0.2, -0.15) is 5.10 Å². The van der Waals surface area contributed by atoms with Crippen molar-refractivity contribution in [3.63, 3.8) is 0 Å². The first-order valence-corrected chi connectivity index (χ1v) is 13.4. The molecule has 38 heavy (non-hydrogen) atoms. The van der Waals surface area contributed by atoms with Gasteiger partial charge in [0.05, 0.1) is 23.4 Å². The van der Waals surface area contributed by atoms with Crippen LogP contribution in [-0.2, 0) is 16.1 Å². The summed E-state index contributed by atoms with van der Waals surface area (Å²) in [5.41, 5.74) is 2.69. The minimum atomic E-state index is -0.840. The van der Waals surface area contributed by atoms with Crippen LogP contribution in [0.5, 0.6) is 0 Å². The normalized spacial score (nSPS) is 20.1. The summed E-state index contributed by atoms with van der Waals surface area (Å²) in [6.07, 6.45) is 8.99. The molecule has 4 amide bonds. The van der Waals surface area contributed by atoms with E-state index in [1.54, 1.807) is 24.4 Å². The van der Waals surface area contributed by atoms with Gasteiger partial charge in [-0.25, -0.2) is 0 Å². The number of imide groups is 1. The lowest BCUT2D eigenvalue weighted by Crippen LogP contribution is -2.51. The van der Waals surface area contributed by atoms with Gasteiger partial charge in [-0.1, -0.05) is 26.0 Å². The fraction of sp³-hybridized carbons (Fsp3) is 0.464. The first-order valence-electron chi connectivity index (χ1n) is 13.4. The summed E-state index contributed by atoms with van der Waals surface area (Å²) in [6.45, 7) is 7.78. The van der Waals surface area contributed by atoms with Crippen LogP contribution >= 0.6 is 0 Å². The number of rotatable bonds is 8. The van der Waals surface area contributed by atoms with Crippen LogP contribution in [0.25, 0.3) is 0 Å². The smallest absolute Gasteiger partial charge is 0.264 e. The Morgan fingerprint density at radius 3 is 2.68 bits per heavy atom. The second kappa shape index (κ2) is 10.8. The van der Waals surface area contributed by atoms with Crippen molar-refractivity contribution in [3.05, 3.63) is 59.6 Å². The van der Waals surface area contributed by atoms with E-state index >= 15 is 0 Å². The summed E-state index contributed by atoms with van der Waals surface area (Å²) in [4.78, 5) is 54.3. The maximum absolute atomic E-state index is 13.3. The van der Waals surface area contributed by atoms with E-state index in [-0.39, 0.29) is 17.9 Å². The Morgan fingerprint density at radius 2 is 1.95 bits per heavy atom. The van der Waals surface area contributed by atoms with Crippen molar-refractivity contribution in [3.8, 4) is 0 Å². The third-order valence-electron chi connectivity index (χ3n) is 7.65. The van der Waals surface area contributed by atoms with Crippen molar-refractivity contribution in [2.24, 2.45) is 0 Å². The number of allylic oxidation sites excluding steroid dienone is 1. The molecule has 1 aromatic heterocycles. The van der Waals surface area contributed by atoms with Crippen molar-refractivity contribution in [2.45, 2.75) is 70.5 Å². The molecule has 200 valence electrons. The summed E-state index contributed by atoms with van der Waals surface area (Å²) in [7, 11) is 0. The number of aromatic nitrogens is 2. The fourth-order valence-corrected chi connectivity index (χ4v) is 5.47. The predicted molar refractivity (Wildman–Crippen MR) is 141 cm³/mol. The Balaban J connectivity index is 1.22. The molecule has 2 aromatic rings. The molecule has 4 heterocycles. The third kappa shape index (κ3) is 4.94. The number of carbonyl (C=O) groups excluding carboxylic acids is 4. The lowest BCUT2D eigenvalue weighted by atomic mass is 10.0. The zero-order chi connectivity index (χ0) is 26.8. The van der Waals surface area contributed by atoms with Crippen molar-refractivity contribution >= 4 is 29.3 Å². The molecular weight excluding hydrogens is 484 g/mol. The van der Waals surface area contributed by atoms with Crippen molar-refractivity contribution in [2.75, 3.05) is 18.4 Å². The molecule has 2 saturated heterocycles. The summed E-state index contributed by atoms with van der Waals surface area (Å²) < 4.78 is 1.96. The van der Waals surface area contributed by atoms with Crippen molar-refractivity contribution in [1.82, 2.24) is 24.9 Å². The molecule has 0 spiro atoms. The van der Waals surface area contributed by atoms with E-state index in [1.807, 2.05) is 15.8 Å². The van der Waals surface area contributed by atoms with Crippen LogP contribution in [0.1, 0.15) is 84.2 Å². The van der Waals surface area contributed by atoms with E-state index in [9.17, 15) is 19.2 Å². The van der Waals surface area contributed by atoms with E-state index in [1.165, 1.54) is 0 Å². The highest BCUT2D eigenvalue weighted by Crippen LogP contribution is 2.33. The Kier molecular flexibility index (Phi) is 7.31. The Hall–Kier alpha value is -3.95. The number of anilines is 1. The van der Waals surface area contributed by atoms with Crippen LogP contribution < -0.4 is 10.6 Å². The van der Waals surface area contributed by atoms with Crippen LogP contribution in [0.3, 0.4) is 0 Å². The van der Waals surface area contributed by atoms with Gasteiger partial charge in [0.1, 0.15) is 6.04 Å². The molecule has 1 unspecified atom stereocenters. The van der Waals surface area contributed by atoms with E-state index in [2.05, 4.69) is 29.2 Å². The fourth-order valence-electron chi connectivity index (χ4n) is 5.47. The number of nitrogens with zero attached hydrogens (tertiary/aromatic N) is 4. The SMILES string of the molecule is C=C1CCC(N2C(=O)c3cccc(NCc4cnn(C5CCN(C(=O)CCCC)CC5)c4)c3C2=O)C(=O)N1. The Bertz CT molecular complexity index is 1280. The molecule has 0 radical (unpaired) electrons. The highest BCUT2D eigenvalue weighted by molar-refractivity contribution is 6.25. The summed E-state index contributed by atoms with van der Waals surface area (Å²) in [5.74, 6) is -1.05. The van der Waals surface area contributed by atoms with Crippen LogP contribution in [0.2, 0.25) is 0 Å². The first-order chi connectivity index (χ1) is 18.4.